The van der Waals surface area contributed by atoms with Gasteiger partial charge in [-0.05, 0) is 43.2 Å². The van der Waals surface area contributed by atoms with Crippen molar-refractivity contribution in [2.75, 3.05) is 39.3 Å². The van der Waals surface area contributed by atoms with Gasteiger partial charge in [-0.1, -0.05) is 19.3 Å². The van der Waals surface area contributed by atoms with Gasteiger partial charge in [0.05, 0.1) is 17.4 Å². The molecule has 2 aliphatic carbocycles. The number of rotatable bonds is 4. The van der Waals surface area contributed by atoms with Gasteiger partial charge in [0.15, 0.2) is 5.76 Å². The van der Waals surface area contributed by atoms with E-state index in [2.05, 4.69) is 0 Å². The Morgan fingerprint density at radius 1 is 1.00 bits per heavy atom. The lowest BCUT2D eigenvalue weighted by atomic mass is 9.67. The summed E-state index contributed by atoms with van der Waals surface area (Å²) < 4.78 is 32.7. The molecule has 2 amide bonds. The molecule has 3 heterocycles. The Bertz CT molecular complexity index is 926. The fraction of sp³-hybridized carbons (Fsp3) is 0.727. The zero-order valence-corrected chi connectivity index (χ0v) is 18.7. The molecular formula is C22H31N3O5S. The zero-order chi connectivity index (χ0) is 21.6. The van der Waals surface area contributed by atoms with E-state index in [-0.39, 0.29) is 28.4 Å². The molecule has 31 heavy (non-hydrogen) atoms. The number of hydrogen-bond donors (Lipinski definition) is 0. The Morgan fingerprint density at radius 3 is 2.29 bits per heavy atom. The maximum atomic E-state index is 13.6. The molecule has 0 radical (unpaired) electrons. The molecule has 1 atom stereocenters. The highest BCUT2D eigenvalue weighted by atomic mass is 32.2. The summed E-state index contributed by atoms with van der Waals surface area (Å²) >= 11 is 0. The van der Waals surface area contributed by atoms with Crippen molar-refractivity contribution < 1.29 is 22.4 Å². The van der Waals surface area contributed by atoms with Crippen molar-refractivity contribution in [2.45, 2.75) is 50.2 Å². The van der Waals surface area contributed by atoms with Gasteiger partial charge in [-0.2, -0.15) is 0 Å². The minimum absolute atomic E-state index is 0.0699. The second-order valence-electron chi connectivity index (χ2n) is 9.61. The predicted octanol–water partition coefficient (Wildman–Crippen LogP) is 1.94. The van der Waals surface area contributed by atoms with Crippen LogP contribution < -0.4 is 0 Å². The van der Waals surface area contributed by atoms with E-state index >= 15 is 0 Å². The van der Waals surface area contributed by atoms with Crippen molar-refractivity contribution in [1.29, 1.82) is 0 Å². The van der Waals surface area contributed by atoms with Gasteiger partial charge >= 0.3 is 0 Å². The Labute approximate surface area is 183 Å². The lowest BCUT2D eigenvalue weighted by molar-refractivity contribution is -0.140. The average Bonchev–Trinajstić information content (AvgIpc) is 3.40. The molecule has 2 saturated heterocycles. The largest absolute Gasteiger partial charge is 0.459 e. The molecule has 0 N–H and O–H groups in total. The van der Waals surface area contributed by atoms with Crippen LogP contribution in [0.4, 0.5) is 0 Å². The molecule has 1 spiro atoms. The highest BCUT2D eigenvalue weighted by Crippen LogP contribution is 2.50. The quantitative estimate of drug-likeness (QED) is 0.701. The molecule has 4 fully saturated rings. The fourth-order valence-electron chi connectivity index (χ4n) is 5.70. The van der Waals surface area contributed by atoms with Crippen LogP contribution in [-0.4, -0.2) is 78.9 Å². The van der Waals surface area contributed by atoms with Crippen LogP contribution in [0.3, 0.4) is 0 Å². The normalized spacial score (nSPS) is 27.0. The first kappa shape index (κ1) is 21.0. The smallest absolute Gasteiger partial charge is 0.289 e. The van der Waals surface area contributed by atoms with Gasteiger partial charge in [0.1, 0.15) is 0 Å². The minimum atomic E-state index is -3.28. The first-order valence-corrected chi connectivity index (χ1v) is 13.0. The number of piperazine rings is 1. The first-order valence-electron chi connectivity index (χ1n) is 11.5. The molecule has 0 bridgehead atoms. The van der Waals surface area contributed by atoms with Gasteiger partial charge in [0, 0.05) is 39.3 Å². The maximum Gasteiger partial charge on any atom is 0.289 e. The van der Waals surface area contributed by atoms with E-state index < -0.39 is 10.0 Å². The third-order valence-electron chi connectivity index (χ3n) is 7.68. The van der Waals surface area contributed by atoms with Gasteiger partial charge in [-0.15, -0.1) is 0 Å². The molecule has 2 aliphatic heterocycles. The van der Waals surface area contributed by atoms with Crippen molar-refractivity contribution in [2.24, 2.45) is 11.3 Å². The van der Waals surface area contributed by atoms with Gasteiger partial charge < -0.3 is 14.2 Å². The average molecular weight is 450 g/mol. The number of amides is 2. The van der Waals surface area contributed by atoms with Crippen LogP contribution in [0, 0.1) is 11.3 Å². The van der Waals surface area contributed by atoms with E-state index in [0.29, 0.717) is 45.0 Å². The summed E-state index contributed by atoms with van der Waals surface area (Å²) in [6, 6.07) is 3.35. The molecule has 0 aromatic carbocycles. The number of carbonyl (C=O) groups is 2. The zero-order valence-electron chi connectivity index (χ0n) is 17.9. The Morgan fingerprint density at radius 2 is 1.68 bits per heavy atom. The number of furan rings is 1. The lowest BCUT2D eigenvalue weighted by Crippen LogP contribution is -2.54. The predicted molar refractivity (Wildman–Crippen MR) is 114 cm³/mol. The van der Waals surface area contributed by atoms with Crippen LogP contribution in [-0.2, 0) is 14.8 Å². The second-order valence-corrected chi connectivity index (χ2v) is 11.8. The van der Waals surface area contributed by atoms with E-state index in [0.717, 1.165) is 44.9 Å². The summed E-state index contributed by atoms with van der Waals surface area (Å²) in [5.41, 5.74) is -0.224. The maximum absolute atomic E-state index is 13.6. The second kappa shape index (κ2) is 7.92. The van der Waals surface area contributed by atoms with E-state index in [9.17, 15) is 18.0 Å². The first-order chi connectivity index (χ1) is 14.9. The minimum Gasteiger partial charge on any atom is -0.459 e. The van der Waals surface area contributed by atoms with E-state index in [1.54, 1.807) is 21.3 Å². The van der Waals surface area contributed by atoms with Crippen LogP contribution >= 0.6 is 0 Å². The van der Waals surface area contributed by atoms with Crippen molar-refractivity contribution in [3.8, 4) is 0 Å². The third-order valence-corrected chi connectivity index (χ3v) is 9.99. The molecule has 170 valence electrons. The summed E-state index contributed by atoms with van der Waals surface area (Å²) in [6.07, 6.45) is 8.11. The third kappa shape index (κ3) is 3.80. The van der Waals surface area contributed by atoms with Crippen LogP contribution in [0.2, 0.25) is 0 Å². The Balaban J connectivity index is 1.29. The summed E-state index contributed by atoms with van der Waals surface area (Å²) in [5.74, 6) is -0.0322. The SMILES string of the molecule is O=C(c1ccco1)N1CCN(C(=O)[C@H]2CN(S(=O)(=O)C3CC3)CC23CCCCC3)CC1. The summed E-state index contributed by atoms with van der Waals surface area (Å²) in [4.78, 5) is 29.7. The molecule has 4 aliphatic rings. The number of hydrogen-bond acceptors (Lipinski definition) is 5. The van der Waals surface area contributed by atoms with Crippen LogP contribution in [0.25, 0.3) is 0 Å². The Kier molecular flexibility index (Phi) is 5.37. The number of carbonyl (C=O) groups excluding carboxylic acids is 2. The van der Waals surface area contributed by atoms with Crippen molar-refractivity contribution >= 4 is 21.8 Å². The van der Waals surface area contributed by atoms with Gasteiger partial charge in [0.2, 0.25) is 15.9 Å². The lowest BCUT2D eigenvalue weighted by Gasteiger charge is -2.41. The molecule has 0 unspecified atom stereocenters. The van der Waals surface area contributed by atoms with E-state index in [1.165, 1.54) is 6.26 Å². The Hall–Kier alpha value is -1.87. The highest BCUT2D eigenvalue weighted by Gasteiger charge is 2.55. The van der Waals surface area contributed by atoms with E-state index in [1.807, 2.05) is 4.90 Å². The molecule has 8 nitrogen and oxygen atoms in total. The van der Waals surface area contributed by atoms with Crippen molar-refractivity contribution in [3.63, 3.8) is 0 Å². The molecule has 5 rings (SSSR count). The molecule has 1 aromatic heterocycles. The van der Waals surface area contributed by atoms with E-state index in [4.69, 9.17) is 4.42 Å². The van der Waals surface area contributed by atoms with Gasteiger partial charge in [-0.25, -0.2) is 12.7 Å². The topological polar surface area (TPSA) is 91.1 Å². The van der Waals surface area contributed by atoms with Crippen LogP contribution in [0.15, 0.2) is 22.8 Å². The molecular weight excluding hydrogens is 418 g/mol. The van der Waals surface area contributed by atoms with Gasteiger partial charge in [-0.3, -0.25) is 9.59 Å². The summed E-state index contributed by atoms with van der Waals surface area (Å²) in [5, 5.41) is -0.238. The summed E-state index contributed by atoms with van der Waals surface area (Å²) in [7, 11) is -3.28. The van der Waals surface area contributed by atoms with Crippen LogP contribution in [0.1, 0.15) is 55.5 Å². The molecule has 9 heteroatoms. The fourth-order valence-corrected chi connectivity index (χ4v) is 7.65. The number of nitrogens with zero attached hydrogens (tertiary/aromatic N) is 3. The highest BCUT2D eigenvalue weighted by molar-refractivity contribution is 7.90. The van der Waals surface area contributed by atoms with Crippen molar-refractivity contribution in [3.05, 3.63) is 24.2 Å². The van der Waals surface area contributed by atoms with Gasteiger partial charge in [0.25, 0.3) is 5.91 Å². The van der Waals surface area contributed by atoms with Crippen molar-refractivity contribution in [1.82, 2.24) is 14.1 Å². The molecule has 2 saturated carbocycles. The summed E-state index contributed by atoms with van der Waals surface area (Å²) in [6.45, 7) is 2.72. The number of sulfonamides is 1. The van der Waals surface area contributed by atoms with Crippen LogP contribution in [0.5, 0.6) is 0 Å². The monoisotopic (exact) mass is 449 g/mol. The standard InChI is InChI=1S/C22H31N3O5S/c26-20(23-10-12-24(13-11-23)21(27)19-5-4-14-30-19)18-15-25(31(28,29)17-6-7-17)16-22(18)8-2-1-3-9-22/h4-5,14,17-18H,1-3,6-13,15-16H2/t18-/m1/s1. The molecule has 1 aromatic rings.